The zero-order chi connectivity index (χ0) is 23.5. The van der Waals surface area contributed by atoms with Gasteiger partial charge in [0.1, 0.15) is 5.76 Å². The Kier molecular flexibility index (Phi) is 5.96. The zero-order valence-corrected chi connectivity index (χ0v) is 18.8. The van der Waals surface area contributed by atoms with Crippen molar-refractivity contribution in [3.05, 3.63) is 120 Å². The van der Waals surface area contributed by atoms with Gasteiger partial charge in [0.15, 0.2) is 5.78 Å². The molecule has 0 bridgehead atoms. The van der Waals surface area contributed by atoms with E-state index in [1.54, 1.807) is 6.07 Å². The van der Waals surface area contributed by atoms with Crippen molar-refractivity contribution >= 4 is 33.6 Å². The molecule has 0 radical (unpaired) electrons. The van der Waals surface area contributed by atoms with Crippen molar-refractivity contribution in [2.75, 3.05) is 5.73 Å². The Balaban J connectivity index is 1.59. The lowest BCUT2D eigenvalue weighted by Gasteiger charge is -2.26. The predicted octanol–water partition coefficient (Wildman–Crippen LogP) is 6.70. The number of carbonyl (C=O) groups excluding carboxylic acids is 1. The van der Waals surface area contributed by atoms with E-state index in [0.717, 1.165) is 21.9 Å². The number of nitrogen functional groups attached to an aromatic ring is 1. The van der Waals surface area contributed by atoms with Crippen LogP contribution in [0, 0.1) is 0 Å². The summed E-state index contributed by atoms with van der Waals surface area (Å²) >= 11 is 0. The molecule has 0 aliphatic heterocycles. The average Bonchev–Trinajstić information content (AvgIpc) is 2.86. The molecular weight excluding hydrogens is 420 g/mol. The third kappa shape index (κ3) is 4.35. The molecule has 1 aliphatic carbocycles. The number of aliphatic hydroxyl groups excluding tert-OH is 1. The molecule has 0 aromatic heterocycles. The van der Waals surface area contributed by atoms with Crippen molar-refractivity contribution in [3.8, 4) is 0 Å². The van der Waals surface area contributed by atoms with Gasteiger partial charge in [-0.15, -0.1) is 0 Å². The first kappa shape index (κ1) is 21.7. The van der Waals surface area contributed by atoms with Crippen LogP contribution in [0.5, 0.6) is 0 Å². The van der Waals surface area contributed by atoms with Gasteiger partial charge in [0, 0.05) is 12.8 Å². The Bertz CT molecular complexity index is 1410. The Hall–Kier alpha value is -4.18. The quantitative estimate of drug-likeness (QED) is 0.208. The number of aliphatic hydroxyl groups is 1. The highest BCUT2D eigenvalue weighted by atomic mass is 16.3. The maximum atomic E-state index is 13.4. The average molecular weight is 447 g/mol. The molecule has 4 aromatic carbocycles. The summed E-state index contributed by atoms with van der Waals surface area (Å²) in [7, 11) is 0. The number of hydrogen-bond acceptors (Lipinski definition) is 4. The fourth-order valence-electron chi connectivity index (χ4n) is 4.73. The van der Waals surface area contributed by atoms with Crippen LogP contribution < -0.4 is 5.73 Å². The standard InChI is InChI=1S/C30H26N2O2/c31-25-15-6-7-16-26(25)32-27-17-23(20-9-2-1-3-10-20)19-29(34)30(27)28(33)18-22-13-8-12-21-11-4-5-14-24(21)22/h1-16,23,33H,17-19,31H2. The maximum absolute atomic E-state index is 13.4. The molecule has 0 saturated heterocycles. The van der Waals surface area contributed by atoms with Gasteiger partial charge >= 0.3 is 0 Å². The van der Waals surface area contributed by atoms with Crippen LogP contribution in [-0.4, -0.2) is 16.6 Å². The van der Waals surface area contributed by atoms with Gasteiger partial charge in [-0.3, -0.25) is 9.79 Å². The highest BCUT2D eigenvalue weighted by Gasteiger charge is 2.32. The van der Waals surface area contributed by atoms with Crippen LogP contribution in [0.25, 0.3) is 10.8 Å². The lowest BCUT2D eigenvalue weighted by atomic mass is 9.78. The van der Waals surface area contributed by atoms with Gasteiger partial charge in [-0.1, -0.05) is 84.9 Å². The van der Waals surface area contributed by atoms with E-state index in [1.807, 2.05) is 91.0 Å². The molecule has 1 fully saturated rings. The minimum absolute atomic E-state index is 0.00601. The molecule has 1 atom stereocenters. The summed E-state index contributed by atoms with van der Waals surface area (Å²) in [6.45, 7) is 0. The number of hydrogen-bond donors (Lipinski definition) is 2. The van der Waals surface area contributed by atoms with Gasteiger partial charge in [0.2, 0.25) is 0 Å². The Morgan fingerprint density at radius 1 is 0.853 bits per heavy atom. The second-order valence-corrected chi connectivity index (χ2v) is 8.69. The number of carbonyl (C=O) groups is 1. The van der Waals surface area contributed by atoms with Crippen LogP contribution in [0.2, 0.25) is 0 Å². The van der Waals surface area contributed by atoms with E-state index >= 15 is 0 Å². The molecule has 4 aromatic rings. The highest BCUT2D eigenvalue weighted by molar-refractivity contribution is 6.25. The number of para-hydroxylation sites is 2. The zero-order valence-electron chi connectivity index (χ0n) is 18.8. The van der Waals surface area contributed by atoms with Gasteiger partial charge in [0.05, 0.1) is 22.7 Å². The van der Waals surface area contributed by atoms with Crippen LogP contribution in [0.15, 0.2) is 113 Å². The first-order valence-electron chi connectivity index (χ1n) is 11.5. The monoisotopic (exact) mass is 446 g/mol. The van der Waals surface area contributed by atoms with Crippen molar-refractivity contribution in [1.82, 2.24) is 0 Å². The number of nitrogens with two attached hydrogens (primary N) is 1. The van der Waals surface area contributed by atoms with Crippen molar-refractivity contribution < 1.29 is 9.90 Å². The summed E-state index contributed by atoms with van der Waals surface area (Å²) in [5, 5.41) is 13.4. The number of Topliss-reactive ketones (excluding diaryl/α,β-unsaturated/α-hetero) is 1. The molecular formula is C30H26N2O2. The third-order valence-electron chi connectivity index (χ3n) is 6.43. The molecule has 1 aliphatic rings. The molecule has 1 unspecified atom stereocenters. The number of rotatable bonds is 4. The molecule has 3 N–H and O–H groups in total. The second kappa shape index (κ2) is 9.36. The normalized spacial score (nSPS) is 18.9. The topological polar surface area (TPSA) is 75.7 Å². The van der Waals surface area contributed by atoms with Gasteiger partial charge in [-0.05, 0) is 46.4 Å². The largest absolute Gasteiger partial charge is 0.511 e. The summed E-state index contributed by atoms with van der Waals surface area (Å²) in [6.07, 6.45) is 1.16. The van der Waals surface area contributed by atoms with E-state index in [9.17, 15) is 9.90 Å². The molecule has 5 rings (SSSR count). The third-order valence-corrected chi connectivity index (χ3v) is 6.43. The summed E-state index contributed by atoms with van der Waals surface area (Å²) in [6, 6.07) is 31.4. The van der Waals surface area contributed by atoms with Crippen LogP contribution in [0.1, 0.15) is 29.9 Å². The number of nitrogens with zero attached hydrogens (tertiary/aromatic N) is 1. The van der Waals surface area contributed by atoms with Crippen molar-refractivity contribution in [2.24, 2.45) is 4.99 Å². The van der Waals surface area contributed by atoms with Crippen LogP contribution >= 0.6 is 0 Å². The number of fused-ring (bicyclic) bond motifs is 1. The molecule has 4 nitrogen and oxygen atoms in total. The maximum Gasteiger partial charge on any atom is 0.168 e. The number of anilines is 1. The van der Waals surface area contributed by atoms with E-state index in [-0.39, 0.29) is 23.9 Å². The molecule has 4 heteroatoms. The Labute approximate surface area is 199 Å². The summed E-state index contributed by atoms with van der Waals surface area (Å²) in [4.78, 5) is 18.2. The van der Waals surface area contributed by atoms with Crippen molar-refractivity contribution in [2.45, 2.75) is 25.2 Å². The number of aliphatic imine (C=N–C) groups is 1. The smallest absolute Gasteiger partial charge is 0.168 e. The van der Waals surface area contributed by atoms with E-state index < -0.39 is 0 Å². The number of ketones is 1. The highest BCUT2D eigenvalue weighted by Crippen LogP contribution is 2.36. The van der Waals surface area contributed by atoms with Gasteiger partial charge < -0.3 is 10.8 Å². The Morgan fingerprint density at radius 2 is 1.56 bits per heavy atom. The van der Waals surface area contributed by atoms with E-state index in [1.165, 1.54) is 0 Å². The molecule has 34 heavy (non-hydrogen) atoms. The van der Waals surface area contributed by atoms with Crippen LogP contribution in [0.3, 0.4) is 0 Å². The summed E-state index contributed by atoms with van der Waals surface area (Å²) in [5.74, 6) is -0.0290. The van der Waals surface area contributed by atoms with E-state index in [2.05, 4.69) is 0 Å². The SMILES string of the molecule is Nc1ccccc1N=C1CC(c2ccccc2)CC(=O)C1=C(O)Cc1cccc2ccccc12. The van der Waals surface area contributed by atoms with E-state index in [0.29, 0.717) is 35.5 Å². The minimum atomic E-state index is -0.0916. The summed E-state index contributed by atoms with van der Waals surface area (Å²) < 4.78 is 0. The molecule has 0 heterocycles. The first-order valence-corrected chi connectivity index (χ1v) is 11.5. The van der Waals surface area contributed by atoms with Gasteiger partial charge in [-0.25, -0.2) is 0 Å². The number of benzene rings is 4. The van der Waals surface area contributed by atoms with Gasteiger partial charge in [-0.2, -0.15) is 0 Å². The van der Waals surface area contributed by atoms with Crippen LogP contribution in [-0.2, 0) is 11.2 Å². The van der Waals surface area contributed by atoms with Crippen molar-refractivity contribution in [3.63, 3.8) is 0 Å². The summed E-state index contributed by atoms with van der Waals surface area (Å²) in [5.41, 5.74) is 10.3. The lowest BCUT2D eigenvalue weighted by molar-refractivity contribution is -0.115. The number of allylic oxidation sites excluding steroid dienone is 2. The Morgan fingerprint density at radius 3 is 2.38 bits per heavy atom. The first-order chi connectivity index (χ1) is 16.6. The van der Waals surface area contributed by atoms with E-state index in [4.69, 9.17) is 10.7 Å². The van der Waals surface area contributed by atoms with Gasteiger partial charge in [0.25, 0.3) is 0 Å². The molecule has 0 spiro atoms. The fourth-order valence-corrected chi connectivity index (χ4v) is 4.73. The van der Waals surface area contributed by atoms with Crippen molar-refractivity contribution in [1.29, 1.82) is 0 Å². The minimum Gasteiger partial charge on any atom is -0.511 e. The molecule has 0 amide bonds. The molecule has 1 saturated carbocycles. The molecule has 168 valence electrons. The fraction of sp³-hybridized carbons (Fsp3) is 0.133. The van der Waals surface area contributed by atoms with Crippen LogP contribution in [0.4, 0.5) is 11.4 Å². The lowest BCUT2D eigenvalue weighted by Crippen LogP contribution is -2.27. The second-order valence-electron chi connectivity index (χ2n) is 8.69. The predicted molar refractivity (Wildman–Crippen MR) is 139 cm³/mol.